The van der Waals surface area contributed by atoms with Crippen molar-refractivity contribution in [2.24, 2.45) is 0 Å². The third kappa shape index (κ3) is 3.78. The molecule has 1 aliphatic heterocycles. The van der Waals surface area contributed by atoms with E-state index in [0.29, 0.717) is 24.7 Å². The van der Waals surface area contributed by atoms with Gasteiger partial charge in [0.05, 0.1) is 24.7 Å². The molecular formula is C13H17ClO2. The zero-order valence-electron chi connectivity index (χ0n) is 9.27. The average molecular weight is 241 g/mol. The average Bonchev–Trinajstić information content (AvgIpc) is 3.09. The third-order valence-corrected chi connectivity index (χ3v) is 3.03. The standard InChI is InChI=1S/C13H17ClO2/c14-9-13-12(16-13)7-4-8-15-10-11-5-2-1-3-6-11/h1-3,5-6,12-13H,4,7-10H2/t12-,13-/m1/s1. The maximum Gasteiger partial charge on any atom is 0.0976 e. The fourth-order valence-corrected chi connectivity index (χ4v) is 1.99. The topological polar surface area (TPSA) is 21.8 Å². The van der Waals surface area contributed by atoms with Crippen LogP contribution in [0.2, 0.25) is 0 Å². The molecule has 0 bridgehead atoms. The molecule has 0 spiro atoms. The summed E-state index contributed by atoms with van der Waals surface area (Å²) in [7, 11) is 0. The van der Waals surface area contributed by atoms with E-state index in [1.54, 1.807) is 0 Å². The van der Waals surface area contributed by atoms with Crippen LogP contribution >= 0.6 is 11.6 Å². The molecule has 0 aromatic heterocycles. The molecule has 1 saturated heterocycles. The van der Waals surface area contributed by atoms with Crippen LogP contribution in [-0.4, -0.2) is 24.7 Å². The first-order valence-electron chi connectivity index (χ1n) is 5.73. The van der Waals surface area contributed by atoms with E-state index in [2.05, 4.69) is 12.1 Å². The SMILES string of the molecule is ClC[C@H]1O[C@@H]1CCCOCc1ccccc1. The zero-order valence-corrected chi connectivity index (χ0v) is 10.0. The first-order valence-corrected chi connectivity index (χ1v) is 6.26. The second-order valence-electron chi connectivity index (χ2n) is 4.05. The molecule has 1 aliphatic rings. The van der Waals surface area contributed by atoms with Gasteiger partial charge in [-0.05, 0) is 18.4 Å². The summed E-state index contributed by atoms with van der Waals surface area (Å²) in [5, 5.41) is 0. The van der Waals surface area contributed by atoms with Gasteiger partial charge in [0, 0.05) is 6.61 Å². The van der Waals surface area contributed by atoms with Crippen LogP contribution in [0.1, 0.15) is 18.4 Å². The predicted octanol–water partition coefficient (Wildman–Crippen LogP) is 2.99. The van der Waals surface area contributed by atoms with Crippen molar-refractivity contribution in [3.8, 4) is 0 Å². The van der Waals surface area contributed by atoms with Crippen LogP contribution in [0, 0.1) is 0 Å². The van der Waals surface area contributed by atoms with Crippen LogP contribution in [0.5, 0.6) is 0 Å². The quantitative estimate of drug-likeness (QED) is 0.415. The molecule has 0 N–H and O–H groups in total. The molecule has 0 radical (unpaired) electrons. The molecule has 2 atom stereocenters. The molecule has 0 aliphatic carbocycles. The number of hydrogen-bond acceptors (Lipinski definition) is 2. The van der Waals surface area contributed by atoms with E-state index < -0.39 is 0 Å². The predicted molar refractivity (Wildman–Crippen MR) is 64.7 cm³/mol. The van der Waals surface area contributed by atoms with Gasteiger partial charge in [-0.15, -0.1) is 11.6 Å². The maximum absolute atomic E-state index is 5.66. The number of alkyl halides is 1. The Balaban J connectivity index is 1.50. The Kier molecular flexibility index (Phi) is 4.64. The summed E-state index contributed by atoms with van der Waals surface area (Å²) >= 11 is 5.66. The minimum Gasteiger partial charge on any atom is -0.377 e. The molecule has 88 valence electrons. The van der Waals surface area contributed by atoms with Gasteiger partial charge in [0.1, 0.15) is 0 Å². The number of hydrogen-bond donors (Lipinski definition) is 0. The molecule has 3 heteroatoms. The number of epoxide rings is 1. The second-order valence-corrected chi connectivity index (χ2v) is 4.36. The highest BCUT2D eigenvalue weighted by Gasteiger charge is 2.36. The van der Waals surface area contributed by atoms with Gasteiger partial charge in [-0.2, -0.15) is 0 Å². The Bertz CT molecular complexity index is 302. The van der Waals surface area contributed by atoms with Crippen LogP contribution < -0.4 is 0 Å². The molecule has 0 amide bonds. The maximum atomic E-state index is 5.66. The van der Waals surface area contributed by atoms with Gasteiger partial charge in [-0.1, -0.05) is 30.3 Å². The largest absolute Gasteiger partial charge is 0.377 e. The van der Waals surface area contributed by atoms with E-state index in [1.165, 1.54) is 5.56 Å². The Morgan fingerprint density at radius 1 is 1.19 bits per heavy atom. The van der Waals surface area contributed by atoms with Crippen molar-refractivity contribution in [3.05, 3.63) is 35.9 Å². The molecule has 1 aromatic carbocycles. The summed E-state index contributed by atoms with van der Waals surface area (Å²) < 4.78 is 10.9. The molecule has 0 unspecified atom stereocenters. The van der Waals surface area contributed by atoms with Crippen molar-refractivity contribution in [3.63, 3.8) is 0 Å². The minimum absolute atomic E-state index is 0.302. The fraction of sp³-hybridized carbons (Fsp3) is 0.538. The van der Waals surface area contributed by atoms with E-state index in [4.69, 9.17) is 21.1 Å². The van der Waals surface area contributed by atoms with Gasteiger partial charge in [-0.25, -0.2) is 0 Å². The van der Waals surface area contributed by atoms with Crippen LogP contribution in [0.25, 0.3) is 0 Å². The van der Waals surface area contributed by atoms with Crippen molar-refractivity contribution in [1.29, 1.82) is 0 Å². The molecule has 1 heterocycles. The number of benzene rings is 1. The summed E-state index contributed by atoms with van der Waals surface area (Å²) in [6.07, 6.45) is 2.80. The van der Waals surface area contributed by atoms with Crippen molar-refractivity contribution in [2.75, 3.05) is 12.5 Å². The van der Waals surface area contributed by atoms with Crippen molar-refractivity contribution >= 4 is 11.6 Å². The van der Waals surface area contributed by atoms with Crippen LogP contribution in [0.3, 0.4) is 0 Å². The van der Waals surface area contributed by atoms with Gasteiger partial charge in [-0.3, -0.25) is 0 Å². The smallest absolute Gasteiger partial charge is 0.0976 e. The second kappa shape index (κ2) is 6.24. The highest BCUT2D eigenvalue weighted by molar-refractivity contribution is 6.18. The molecule has 1 aromatic rings. The molecule has 1 fully saturated rings. The highest BCUT2D eigenvalue weighted by atomic mass is 35.5. The molecular weight excluding hydrogens is 224 g/mol. The number of rotatable bonds is 7. The number of halogens is 1. The van der Waals surface area contributed by atoms with Gasteiger partial charge in [0.25, 0.3) is 0 Å². The zero-order chi connectivity index (χ0) is 11.2. The van der Waals surface area contributed by atoms with Crippen molar-refractivity contribution in [2.45, 2.75) is 31.7 Å². The van der Waals surface area contributed by atoms with Crippen molar-refractivity contribution in [1.82, 2.24) is 0 Å². The van der Waals surface area contributed by atoms with E-state index in [0.717, 1.165) is 19.4 Å². The molecule has 0 saturated carbocycles. The molecule has 2 rings (SSSR count). The Hall–Kier alpha value is -0.570. The summed E-state index contributed by atoms with van der Waals surface area (Å²) in [5.41, 5.74) is 1.23. The van der Waals surface area contributed by atoms with Gasteiger partial charge in [0.2, 0.25) is 0 Å². The molecule has 16 heavy (non-hydrogen) atoms. The first-order chi connectivity index (χ1) is 7.90. The highest BCUT2D eigenvalue weighted by Crippen LogP contribution is 2.27. The van der Waals surface area contributed by atoms with Gasteiger partial charge in [0.15, 0.2) is 0 Å². The normalized spacial score (nSPS) is 23.3. The summed E-state index contributed by atoms with van der Waals surface area (Å²) in [4.78, 5) is 0. The minimum atomic E-state index is 0.302. The van der Waals surface area contributed by atoms with Crippen LogP contribution in [0.4, 0.5) is 0 Å². The Morgan fingerprint density at radius 2 is 2.00 bits per heavy atom. The summed E-state index contributed by atoms with van der Waals surface area (Å²) in [5.74, 6) is 0.621. The number of ether oxygens (including phenoxy) is 2. The lowest BCUT2D eigenvalue weighted by Gasteiger charge is -2.03. The Morgan fingerprint density at radius 3 is 2.69 bits per heavy atom. The lowest BCUT2D eigenvalue weighted by atomic mass is 10.2. The van der Waals surface area contributed by atoms with E-state index in [9.17, 15) is 0 Å². The summed E-state index contributed by atoms with van der Waals surface area (Å²) in [6, 6.07) is 10.2. The van der Waals surface area contributed by atoms with Gasteiger partial charge >= 0.3 is 0 Å². The van der Waals surface area contributed by atoms with E-state index >= 15 is 0 Å². The van der Waals surface area contributed by atoms with E-state index in [1.807, 2.05) is 18.2 Å². The van der Waals surface area contributed by atoms with Crippen LogP contribution in [-0.2, 0) is 16.1 Å². The Labute approximate surface area is 102 Å². The van der Waals surface area contributed by atoms with Crippen molar-refractivity contribution < 1.29 is 9.47 Å². The fourth-order valence-electron chi connectivity index (χ4n) is 1.72. The monoisotopic (exact) mass is 240 g/mol. The lowest BCUT2D eigenvalue weighted by molar-refractivity contribution is 0.115. The van der Waals surface area contributed by atoms with Gasteiger partial charge < -0.3 is 9.47 Å². The summed E-state index contributed by atoms with van der Waals surface area (Å²) in [6.45, 7) is 1.50. The van der Waals surface area contributed by atoms with E-state index in [-0.39, 0.29) is 0 Å². The molecule has 2 nitrogen and oxygen atoms in total. The lowest BCUT2D eigenvalue weighted by Crippen LogP contribution is -2.00. The first kappa shape index (κ1) is 11.9. The third-order valence-electron chi connectivity index (χ3n) is 2.73. The van der Waals surface area contributed by atoms with Crippen LogP contribution in [0.15, 0.2) is 30.3 Å².